The first-order chi connectivity index (χ1) is 7.76. The SMILES string of the molecule is COc1nc(N)cn1-c1ccccc1C#N. The third kappa shape index (κ3) is 1.57. The maximum Gasteiger partial charge on any atom is 0.302 e. The molecule has 1 heterocycles. The number of nitrogen functional groups attached to an aromatic ring is 1. The quantitative estimate of drug-likeness (QED) is 0.818. The summed E-state index contributed by atoms with van der Waals surface area (Å²) in [5, 5.41) is 8.99. The molecular formula is C11H10N4O. The van der Waals surface area contributed by atoms with E-state index in [0.29, 0.717) is 23.1 Å². The fourth-order valence-corrected chi connectivity index (χ4v) is 1.48. The molecule has 0 saturated carbocycles. The molecule has 0 atom stereocenters. The normalized spacial score (nSPS) is 9.75. The Labute approximate surface area is 92.7 Å². The van der Waals surface area contributed by atoms with E-state index in [1.54, 1.807) is 22.9 Å². The van der Waals surface area contributed by atoms with Gasteiger partial charge in [-0.25, -0.2) is 0 Å². The van der Waals surface area contributed by atoms with Crippen LogP contribution in [0, 0.1) is 11.3 Å². The average molecular weight is 214 g/mol. The number of aromatic nitrogens is 2. The van der Waals surface area contributed by atoms with Crippen LogP contribution in [0.1, 0.15) is 5.56 Å². The van der Waals surface area contributed by atoms with Gasteiger partial charge in [-0.1, -0.05) is 12.1 Å². The number of benzene rings is 1. The van der Waals surface area contributed by atoms with Gasteiger partial charge < -0.3 is 10.5 Å². The van der Waals surface area contributed by atoms with Crippen LogP contribution in [0.15, 0.2) is 30.5 Å². The van der Waals surface area contributed by atoms with Crippen molar-refractivity contribution in [2.75, 3.05) is 12.8 Å². The van der Waals surface area contributed by atoms with Crippen molar-refractivity contribution in [2.45, 2.75) is 0 Å². The number of hydrogen-bond acceptors (Lipinski definition) is 4. The lowest BCUT2D eigenvalue weighted by molar-refractivity contribution is 0.374. The number of nitrogens with zero attached hydrogens (tertiary/aromatic N) is 3. The van der Waals surface area contributed by atoms with Gasteiger partial charge in [-0.2, -0.15) is 10.2 Å². The Kier molecular flexibility index (Phi) is 2.48. The summed E-state index contributed by atoms with van der Waals surface area (Å²) in [5.41, 5.74) is 6.83. The van der Waals surface area contributed by atoms with Crippen molar-refractivity contribution in [1.82, 2.24) is 9.55 Å². The maximum atomic E-state index is 8.99. The molecule has 16 heavy (non-hydrogen) atoms. The van der Waals surface area contributed by atoms with Crippen LogP contribution < -0.4 is 10.5 Å². The number of rotatable bonds is 2. The van der Waals surface area contributed by atoms with Gasteiger partial charge in [-0.05, 0) is 12.1 Å². The highest BCUT2D eigenvalue weighted by Gasteiger charge is 2.10. The fraction of sp³-hybridized carbons (Fsp3) is 0.0909. The lowest BCUT2D eigenvalue weighted by atomic mass is 10.2. The molecule has 0 amide bonds. The number of anilines is 1. The molecule has 0 radical (unpaired) electrons. The number of nitriles is 1. The molecule has 5 nitrogen and oxygen atoms in total. The van der Waals surface area contributed by atoms with E-state index in [4.69, 9.17) is 15.7 Å². The Morgan fingerprint density at radius 3 is 2.88 bits per heavy atom. The molecule has 2 rings (SSSR count). The van der Waals surface area contributed by atoms with Crippen LogP contribution in [0.5, 0.6) is 6.01 Å². The topological polar surface area (TPSA) is 76.9 Å². The van der Waals surface area contributed by atoms with Gasteiger partial charge in [0.05, 0.1) is 24.6 Å². The molecule has 0 unspecified atom stereocenters. The van der Waals surface area contributed by atoms with Crippen molar-refractivity contribution >= 4 is 5.82 Å². The third-order valence-corrected chi connectivity index (χ3v) is 2.16. The molecule has 1 aromatic heterocycles. The number of hydrogen-bond donors (Lipinski definition) is 1. The summed E-state index contributed by atoms with van der Waals surface area (Å²) < 4.78 is 6.73. The van der Waals surface area contributed by atoms with Gasteiger partial charge in [-0.15, -0.1) is 0 Å². The molecule has 0 bridgehead atoms. The molecule has 1 aromatic carbocycles. The molecule has 80 valence electrons. The van der Waals surface area contributed by atoms with Crippen molar-refractivity contribution in [2.24, 2.45) is 0 Å². The molecule has 2 N–H and O–H groups in total. The molecule has 0 aliphatic rings. The first-order valence-electron chi connectivity index (χ1n) is 4.64. The second-order valence-electron chi connectivity index (χ2n) is 3.15. The van der Waals surface area contributed by atoms with Crippen LogP contribution in [0.2, 0.25) is 0 Å². The minimum absolute atomic E-state index is 0.351. The molecule has 0 spiro atoms. The summed E-state index contributed by atoms with van der Waals surface area (Å²) in [6.45, 7) is 0. The Balaban J connectivity index is 2.63. The molecular weight excluding hydrogens is 204 g/mol. The number of para-hydroxylation sites is 1. The number of methoxy groups -OCH3 is 1. The van der Waals surface area contributed by atoms with E-state index >= 15 is 0 Å². The van der Waals surface area contributed by atoms with Crippen molar-refractivity contribution in [3.63, 3.8) is 0 Å². The standard InChI is InChI=1S/C11H10N4O/c1-16-11-14-10(13)7-15(11)9-5-3-2-4-8(9)6-12/h2-5,7H,13H2,1H3. The van der Waals surface area contributed by atoms with Crippen LogP contribution >= 0.6 is 0 Å². The third-order valence-electron chi connectivity index (χ3n) is 2.16. The maximum absolute atomic E-state index is 8.99. The minimum Gasteiger partial charge on any atom is -0.468 e. The van der Waals surface area contributed by atoms with Gasteiger partial charge >= 0.3 is 6.01 Å². The summed E-state index contributed by atoms with van der Waals surface area (Å²) in [6, 6.07) is 9.65. The van der Waals surface area contributed by atoms with E-state index in [-0.39, 0.29) is 0 Å². The summed E-state index contributed by atoms with van der Waals surface area (Å²) in [7, 11) is 1.51. The molecule has 5 heteroatoms. The zero-order chi connectivity index (χ0) is 11.5. The van der Waals surface area contributed by atoms with E-state index in [1.165, 1.54) is 7.11 Å². The lowest BCUT2D eigenvalue weighted by Crippen LogP contribution is -1.99. The second kappa shape index (κ2) is 3.95. The van der Waals surface area contributed by atoms with Crippen LogP contribution in [0.25, 0.3) is 5.69 Å². The molecule has 0 aliphatic carbocycles. The van der Waals surface area contributed by atoms with Crippen molar-refractivity contribution in [3.8, 4) is 17.8 Å². The largest absolute Gasteiger partial charge is 0.468 e. The van der Waals surface area contributed by atoms with Crippen molar-refractivity contribution < 1.29 is 4.74 Å². The number of ether oxygens (including phenoxy) is 1. The summed E-state index contributed by atoms with van der Waals surface area (Å²) in [6.07, 6.45) is 1.62. The first-order valence-corrected chi connectivity index (χ1v) is 4.64. The Morgan fingerprint density at radius 1 is 1.44 bits per heavy atom. The second-order valence-corrected chi connectivity index (χ2v) is 3.15. The predicted molar refractivity (Wildman–Crippen MR) is 59.2 cm³/mol. The van der Waals surface area contributed by atoms with Crippen LogP contribution in [0.3, 0.4) is 0 Å². The lowest BCUT2D eigenvalue weighted by Gasteiger charge is -2.06. The molecule has 0 aliphatic heterocycles. The Hall–Kier alpha value is -2.48. The zero-order valence-electron chi connectivity index (χ0n) is 8.71. The summed E-state index contributed by atoms with van der Waals surface area (Å²) >= 11 is 0. The van der Waals surface area contributed by atoms with Gasteiger partial charge in [-0.3, -0.25) is 4.57 Å². The highest BCUT2D eigenvalue weighted by molar-refractivity contribution is 5.51. The minimum atomic E-state index is 0.351. The Morgan fingerprint density at radius 2 is 2.19 bits per heavy atom. The molecule has 0 saturated heterocycles. The fourth-order valence-electron chi connectivity index (χ4n) is 1.48. The average Bonchev–Trinajstić information content (AvgIpc) is 2.70. The molecule has 2 aromatic rings. The first kappa shape index (κ1) is 10.1. The van der Waals surface area contributed by atoms with Crippen LogP contribution in [0.4, 0.5) is 5.82 Å². The van der Waals surface area contributed by atoms with Gasteiger partial charge in [0.1, 0.15) is 11.9 Å². The van der Waals surface area contributed by atoms with Crippen LogP contribution in [-0.4, -0.2) is 16.7 Å². The monoisotopic (exact) mass is 214 g/mol. The Bertz CT molecular complexity index is 553. The van der Waals surface area contributed by atoms with E-state index in [1.807, 2.05) is 12.1 Å². The van der Waals surface area contributed by atoms with Crippen molar-refractivity contribution in [1.29, 1.82) is 5.26 Å². The zero-order valence-corrected chi connectivity index (χ0v) is 8.71. The van der Waals surface area contributed by atoms with E-state index in [0.717, 1.165) is 0 Å². The van der Waals surface area contributed by atoms with Gasteiger partial charge in [0.2, 0.25) is 0 Å². The van der Waals surface area contributed by atoms with Crippen LogP contribution in [-0.2, 0) is 0 Å². The van der Waals surface area contributed by atoms with E-state index in [2.05, 4.69) is 11.1 Å². The predicted octanol–water partition coefficient (Wildman–Crippen LogP) is 1.33. The van der Waals surface area contributed by atoms with Gasteiger partial charge in [0.25, 0.3) is 0 Å². The number of nitrogens with two attached hydrogens (primary N) is 1. The highest BCUT2D eigenvalue weighted by Crippen LogP contribution is 2.21. The highest BCUT2D eigenvalue weighted by atomic mass is 16.5. The number of imidazole rings is 1. The van der Waals surface area contributed by atoms with E-state index in [9.17, 15) is 0 Å². The van der Waals surface area contributed by atoms with Gasteiger partial charge in [0.15, 0.2) is 0 Å². The van der Waals surface area contributed by atoms with E-state index < -0.39 is 0 Å². The summed E-state index contributed by atoms with van der Waals surface area (Å²) in [4.78, 5) is 3.99. The van der Waals surface area contributed by atoms with Gasteiger partial charge in [0, 0.05) is 0 Å². The summed E-state index contributed by atoms with van der Waals surface area (Å²) in [5.74, 6) is 0.351. The molecule has 0 fully saturated rings. The smallest absolute Gasteiger partial charge is 0.302 e. The van der Waals surface area contributed by atoms with Crippen molar-refractivity contribution in [3.05, 3.63) is 36.0 Å².